The molecule has 2 N–H and O–H groups in total. The van der Waals surface area contributed by atoms with Gasteiger partial charge < -0.3 is 0 Å². The van der Waals surface area contributed by atoms with Crippen LogP contribution in [0.25, 0.3) is 17.0 Å². The zero-order valence-corrected chi connectivity index (χ0v) is 32.3. The van der Waals surface area contributed by atoms with E-state index in [1.165, 1.54) is 103 Å². The lowest BCUT2D eigenvalue weighted by Crippen LogP contribution is -2.12. The van der Waals surface area contributed by atoms with Crippen molar-refractivity contribution in [2.24, 2.45) is 0 Å². The standard InChI is InChI=1S/C39H68N5O3P/c1-7-9-11-13-15-17-19-21-23-25-27-46-48(45,47-28-26-24-22-20-18-16-14-12-10-8-2)43-35-30-33(3)29-34(31-35)38-40-37-32-36(39(4,5)6)41-44(37)42-38/h29-32,41H,7-28H2,1-6H3,(H,43,45). The number of H-pyrrole nitrogens is 1. The number of aromatic amines is 1. The molecule has 48 heavy (non-hydrogen) atoms. The molecule has 0 amide bonds. The summed E-state index contributed by atoms with van der Waals surface area (Å²) < 4.78 is 27.9. The van der Waals surface area contributed by atoms with Crippen molar-refractivity contribution in [2.45, 2.75) is 175 Å². The molecule has 3 aromatic rings. The van der Waals surface area contributed by atoms with Crippen molar-refractivity contribution >= 4 is 19.1 Å². The summed E-state index contributed by atoms with van der Waals surface area (Å²) in [5, 5.41) is 11.2. The van der Waals surface area contributed by atoms with Crippen molar-refractivity contribution in [1.82, 2.24) is 19.8 Å². The van der Waals surface area contributed by atoms with E-state index in [0.717, 1.165) is 48.2 Å². The lowest BCUT2D eigenvalue weighted by molar-refractivity contribution is 0.201. The molecular formula is C39H68N5O3P. The molecule has 1 aromatic carbocycles. The first-order valence-electron chi connectivity index (χ1n) is 19.4. The summed E-state index contributed by atoms with van der Waals surface area (Å²) in [5.41, 5.74) is 4.38. The monoisotopic (exact) mass is 686 g/mol. The number of anilines is 1. The highest BCUT2D eigenvalue weighted by Gasteiger charge is 2.26. The molecule has 0 aliphatic carbocycles. The molecule has 3 rings (SSSR count). The van der Waals surface area contributed by atoms with Gasteiger partial charge in [-0.15, -0.1) is 5.10 Å². The molecule has 0 saturated heterocycles. The van der Waals surface area contributed by atoms with Gasteiger partial charge in [-0.25, -0.2) is 9.55 Å². The molecule has 0 atom stereocenters. The van der Waals surface area contributed by atoms with Crippen molar-refractivity contribution < 1.29 is 13.6 Å². The Balaban J connectivity index is 1.55. The zero-order valence-electron chi connectivity index (χ0n) is 31.4. The summed E-state index contributed by atoms with van der Waals surface area (Å²) in [6, 6.07) is 8.00. The average Bonchev–Trinajstić information content (AvgIpc) is 3.63. The molecule has 8 nitrogen and oxygen atoms in total. The molecule has 0 saturated carbocycles. The van der Waals surface area contributed by atoms with E-state index < -0.39 is 7.75 Å². The maximum Gasteiger partial charge on any atom is 0.432 e. The predicted octanol–water partition coefficient (Wildman–Crippen LogP) is 12.7. The number of aromatic nitrogens is 4. The van der Waals surface area contributed by atoms with Crippen LogP contribution in [0.3, 0.4) is 0 Å². The third kappa shape index (κ3) is 15.2. The van der Waals surface area contributed by atoms with Gasteiger partial charge in [0.2, 0.25) is 0 Å². The van der Waals surface area contributed by atoms with Crippen LogP contribution < -0.4 is 5.09 Å². The highest BCUT2D eigenvalue weighted by molar-refractivity contribution is 7.55. The number of hydrogen-bond acceptors (Lipinski definition) is 5. The Kier molecular flexibility index (Phi) is 18.3. The fourth-order valence-corrected chi connectivity index (χ4v) is 7.45. The first-order chi connectivity index (χ1) is 23.1. The van der Waals surface area contributed by atoms with Gasteiger partial charge in [-0.3, -0.25) is 19.2 Å². The molecule has 0 spiro atoms. The van der Waals surface area contributed by atoms with Crippen molar-refractivity contribution in [1.29, 1.82) is 0 Å². The Labute approximate surface area is 292 Å². The lowest BCUT2D eigenvalue weighted by Gasteiger charge is -2.21. The Bertz CT molecular complexity index is 1280. The van der Waals surface area contributed by atoms with Crippen LogP contribution in [0.4, 0.5) is 5.69 Å². The van der Waals surface area contributed by atoms with Gasteiger partial charge in [0.1, 0.15) is 0 Å². The van der Waals surface area contributed by atoms with Crippen LogP contribution >= 0.6 is 7.75 Å². The third-order valence-electron chi connectivity index (χ3n) is 9.06. The van der Waals surface area contributed by atoms with Crippen molar-refractivity contribution in [3.63, 3.8) is 0 Å². The highest BCUT2D eigenvalue weighted by Crippen LogP contribution is 2.49. The van der Waals surface area contributed by atoms with Gasteiger partial charge in [0.15, 0.2) is 11.5 Å². The van der Waals surface area contributed by atoms with Crippen molar-refractivity contribution in [3.8, 4) is 11.4 Å². The van der Waals surface area contributed by atoms with Crippen LogP contribution in [0.1, 0.15) is 174 Å². The molecular weight excluding hydrogens is 617 g/mol. The van der Waals surface area contributed by atoms with Crippen molar-refractivity contribution in [2.75, 3.05) is 18.3 Å². The summed E-state index contributed by atoms with van der Waals surface area (Å²) in [7, 11) is -3.57. The van der Waals surface area contributed by atoms with Gasteiger partial charge in [0.25, 0.3) is 0 Å². The second-order valence-corrected chi connectivity index (χ2v) is 16.6. The van der Waals surface area contributed by atoms with Crippen LogP contribution in [0, 0.1) is 6.92 Å². The van der Waals surface area contributed by atoms with E-state index in [9.17, 15) is 4.57 Å². The van der Waals surface area contributed by atoms with Gasteiger partial charge >= 0.3 is 7.75 Å². The molecule has 0 bridgehead atoms. The molecule has 9 heteroatoms. The Morgan fingerprint density at radius 2 is 1.19 bits per heavy atom. The average molecular weight is 686 g/mol. The smallest absolute Gasteiger partial charge is 0.293 e. The minimum absolute atomic E-state index is 0.0219. The van der Waals surface area contributed by atoms with Crippen LogP contribution in [-0.4, -0.2) is 33.0 Å². The number of unbranched alkanes of at least 4 members (excludes halogenated alkanes) is 18. The minimum atomic E-state index is -3.57. The Morgan fingerprint density at radius 3 is 1.65 bits per heavy atom. The molecule has 0 aliphatic rings. The number of benzene rings is 1. The van der Waals surface area contributed by atoms with E-state index in [1.54, 1.807) is 4.63 Å². The molecule has 0 fully saturated rings. The van der Waals surface area contributed by atoms with Crippen LogP contribution in [0.5, 0.6) is 0 Å². The number of hydrogen-bond donors (Lipinski definition) is 2. The first-order valence-corrected chi connectivity index (χ1v) is 20.9. The summed E-state index contributed by atoms with van der Waals surface area (Å²) >= 11 is 0. The summed E-state index contributed by atoms with van der Waals surface area (Å²) in [6.07, 6.45) is 24.8. The molecule has 272 valence electrons. The van der Waals surface area contributed by atoms with E-state index in [0.29, 0.717) is 24.7 Å². The van der Waals surface area contributed by atoms with Crippen LogP contribution in [0.15, 0.2) is 24.3 Å². The second kappa shape index (κ2) is 21.8. The largest absolute Gasteiger partial charge is 0.432 e. The normalized spacial score (nSPS) is 12.4. The van der Waals surface area contributed by atoms with E-state index >= 15 is 0 Å². The number of nitrogens with zero attached hydrogens (tertiary/aromatic N) is 3. The zero-order chi connectivity index (χ0) is 34.7. The molecule has 0 unspecified atom stereocenters. The number of nitrogens with one attached hydrogen (secondary N) is 2. The maximum atomic E-state index is 14.1. The Hall–Kier alpha value is -2.15. The third-order valence-corrected chi connectivity index (χ3v) is 10.6. The van der Waals surface area contributed by atoms with Gasteiger partial charge in [-0.05, 0) is 43.5 Å². The minimum Gasteiger partial charge on any atom is -0.293 e. The molecule has 0 radical (unpaired) electrons. The summed E-state index contributed by atoms with van der Waals surface area (Å²) in [5.74, 6) is 0.612. The van der Waals surface area contributed by atoms with Crippen LogP contribution in [0.2, 0.25) is 0 Å². The quantitative estimate of drug-likeness (QED) is 0.0613. The SMILES string of the molecule is CCCCCCCCCCCCOP(=O)(Nc1cc(C)cc(-c2nc3cc(C(C)(C)C)[nH]n3n2)c1)OCCCCCCCCCCCC. The molecule has 0 aliphatic heterocycles. The topological polar surface area (TPSA) is 93.5 Å². The van der Waals surface area contributed by atoms with E-state index in [2.05, 4.69) is 44.8 Å². The van der Waals surface area contributed by atoms with Gasteiger partial charge in [0.05, 0.1) is 13.2 Å². The number of aryl methyl sites for hydroxylation is 1. The summed E-state index contributed by atoms with van der Waals surface area (Å²) in [4.78, 5) is 4.78. The van der Waals surface area contributed by atoms with Crippen molar-refractivity contribution in [3.05, 3.63) is 35.5 Å². The maximum absolute atomic E-state index is 14.1. The highest BCUT2D eigenvalue weighted by atomic mass is 31.2. The van der Waals surface area contributed by atoms with Gasteiger partial charge in [-0.1, -0.05) is 150 Å². The molecule has 2 heterocycles. The molecule has 2 aromatic heterocycles. The number of fused-ring (bicyclic) bond motifs is 1. The lowest BCUT2D eigenvalue weighted by atomic mass is 9.93. The second-order valence-electron chi connectivity index (χ2n) is 14.9. The van der Waals surface area contributed by atoms with E-state index in [-0.39, 0.29) is 5.41 Å². The van der Waals surface area contributed by atoms with Crippen LogP contribution in [-0.2, 0) is 19.0 Å². The Morgan fingerprint density at radius 1 is 0.708 bits per heavy atom. The predicted molar refractivity (Wildman–Crippen MR) is 203 cm³/mol. The first kappa shape index (κ1) is 40.3. The summed E-state index contributed by atoms with van der Waals surface area (Å²) in [6.45, 7) is 13.9. The van der Waals surface area contributed by atoms with Gasteiger partial charge in [0, 0.05) is 28.4 Å². The van der Waals surface area contributed by atoms with E-state index in [4.69, 9.17) is 19.1 Å². The fourth-order valence-electron chi connectivity index (χ4n) is 6.07. The van der Waals surface area contributed by atoms with E-state index in [1.807, 2.05) is 31.2 Å². The van der Waals surface area contributed by atoms with Gasteiger partial charge in [-0.2, -0.15) is 4.63 Å². The fraction of sp³-hybridized carbons (Fsp3) is 0.744. The number of rotatable bonds is 27.